The summed E-state index contributed by atoms with van der Waals surface area (Å²) >= 11 is 0. The highest BCUT2D eigenvalue weighted by molar-refractivity contribution is 5.81. The molecule has 1 aliphatic rings. The Balaban J connectivity index is 1.76. The second-order valence-corrected chi connectivity index (χ2v) is 5.84. The lowest BCUT2D eigenvalue weighted by molar-refractivity contribution is -0.134. The number of benzene rings is 1. The zero-order chi connectivity index (χ0) is 15.1. The third-order valence-corrected chi connectivity index (χ3v) is 4.12. The van der Waals surface area contributed by atoms with Gasteiger partial charge >= 0.3 is 0 Å². The monoisotopic (exact) mass is 289 g/mol. The summed E-state index contributed by atoms with van der Waals surface area (Å²) in [6.45, 7) is 6.55. The average molecular weight is 289 g/mol. The number of carbonyl (C=O) groups is 1. The number of carbonyl (C=O) groups excluding carboxylic acids is 1. The van der Waals surface area contributed by atoms with Gasteiger partial charge in [-0.15, -0.1) is 0 Å². The van der Waals surface area contributed by atoms with Crippen LogP contribution >= 0.6 is 0 Å². The van der Waals surface area contributed by atoms with Crippen LogP contribution in [0.4, 0.5) is 0 Å². The molecule has 0 radical (unpaired) electrons. The molecule has 21 heavy (non-hydrogen) atoms. The number of piperazine rings is 1. The Labute approximate surface area is 127 Å². The molecule has 1 saturated heterocycles. The number of hydrogen-bond donors (Lipinski definition) is 1. The summed E-state index contributed by atoms with van der Waals surface area (Å²) < 4.78 is 0. The van der Waals surface area contributed by atoms with Gasteiger partial charge in [-0.25, -0.2) is 0 Å². The minimum absolute atomic E-state index is 0.128. The summed E-state index contributed by atoms with van der Waals surface area (Å²) in [6.07, 6.45) is 2.92. The van der Waals surface area contributed by atoms with Crippen LogP contribution in [-0.2, 0) is 11.3 Å². The van der Waals surface area contributed by atoms with Crippen LogP contribution in [0, 0.1) is 0 Å². The first kappa shape index (κ1) is 16.0. The van der Waals surface area contributed by atoms with Crippen molar-refractivity contribution in [1.82, 2.24) is 9.80 Å². The number of hydrogen-bond acceptors (Lipinski definition) is 3. The van der Waals surface area contributed by atoms with Crippen molar-refractivity contribution in [3.63, 3.8) is 0 Å². The summed E-state index contributed by atoms with van der Waals surface area (Å²) in [5.41, 5.74) is 7.32. The highest BCUT2D eigenvalue weighted by atomic mass is 16.2. The lowest BCUT2D eigenvalue weighted by Crippen LogP contribution is -2.52. The Kier molecular flexibility index (Phi) is 6.21. The molecule has 4 heteroatoms. The zero-order valence-electron chi connectivity index (χ0n) is 13.0. The first-order valence-electron chi connectivity index (χ1n) is 8.01. The molecule has 1 atom stereocenters. The highest BCUT2D eigenvalue weighted by Crippen LogP contribution is 2.10. The molecule has 0 aromatic heterocycles. The van der Waals surface area contributed by atoms with E-state index in [1.807, 2.05) is 11.0 Å². The summed E-state index contributed by atoms with van der Waals surface area (Å²) in [5, 5.41) is 0. The number of rotatable bonds is 6. The molecule has 1 aromatic rings. The van der Waals surface area contributed by atoms with Crippen molar-refractivity contribution < 1.29 is 4.79 Å². The smallest absolute Gasteiger partial charge is 0.239 e. The quantitative estimate of drug-likeness (QED) is 0.869. The van der Waals surface area contributed by atoms with E-state index in [1.165, 1.54) is 5.56 Å². The van der Waals surface area contributed by atoms with Crippen LogP contribution in [0.15, 0.2) is 30.3 Å². The van der Waals surface area contributed by atoms with Gasteiger partial charge in [0.25, 0.3) is 0 Å². The van der Waals surface area contributed by atoms with Gasteiger partial charge in [0.1, 0.15) is 0 Å². The molecule has 0 bridgehead atoms. The van der Waals surface area contributed by atoms with Crippen molar-refractivity contribution in [2.75, 3.05) is 26.2 Å². The number of nitrogens with zero attached hydrogens (tertiary/aromatic N) is 2. The van der Waals surface area contributed by atoms with Gasteiger partial charge in [-0.2, -0.15) is 0 Å². The van der Waals surface area contributed by atoms with E-state index >= 15 is 0 Å². The lowest BCUT2D eigenvalue weighted by atomic mass is 10.1. The van der Waals surface area contributed by atoms with E-state index in [2.05, 4.69) is 36.1 Å². The Hall–Kier alpha value is -1.39. The largest absolute Gasteiger partial charge is 0.339 e. The standard InChI is InChI=1S/C17H27N3O/c1-2-3-9-16(18)17(21)20-12-10-19(11-13-20)14-15-7-5-4-6-8-15/h4-8,16H,2-3,9-14,18H2,1H3/t16-/m0/s1. The molecule has 0 spiro atoms. The molecule has 1 aromatic carbocycles. The summed E-state index contributed by atoms with van der Waals surface area (Å²) in [7, 11) is 0. The van der Waals surface area contributed by atoms with Gasteiger partial charge in [-0.1, -0.05) is 50.1 Å². The van der Waals surface area contributed by atoms with E-state index < -0.39 is 0 Å². The molecule has 0 aliphatic carbocycles. The van der Waals surface area contributed by atoms with Crippen LogP contribution in [0.2, 0.25) is 0 Å². The number of amides is 1. The fraction of sp³-hybridized carbons (Fsp3) is 0.588. The van der Waals surface area contributed by atoms with Crippen LogP contribution in [-0.4, -0.2) is 47.9 Å². The SMILES string of the molecule is CCCC[C@H](N)C(=O)N1CCN(Cc2ccccc2)CC1. The molecule has 2 N–H and O–H groups in total. The van der Waals surface area contributed by atoms with E-state index in [0.717, 1.165) is 52.0 Å². The van der Waals surface area contributed by atoms with E-state index in [1.54, 1.807) is 0 Å². The second-order valence-electron chi connectivity index (χ2n) is 5.84. The van der Waals surface area contributed by atoms with Crippen molar-refractivity contribution in [2.45, 2.75) is 38.8 Å². The predicted octanol–water partition coefficient (Wildman–Crippen LogP) is 1.85. The fourth-order valence-electron chi connectivity index (χ4n) is 2.75. The molecular formula is C17H27N3O. The van der Waals surface area contributed by atoms with E-state index in [0.29, 0.717) is 0 Å². The Bertz CT molecular complexity index is 427. The molecule has 4 nitrogen and oxygen atoms in total. The first-order chi connectivity index (χ1) is 10.2. The highest BCUT2D eigenvalue weighted by Gasteiger charge is 2.24. The maximum absolute atomic E-state index is 12.3. The average Bonchev–Trinajstić information content (AvgIpc) is 2.53. The molecule has 1 amide bonds. The van der Waals surface area contributed by atoms with Gasteiger partial charge in [-0.05, 0) is 12.0 Å². The van der Waals surface area contributed by atoms with E-state index in [9.17, 15) is 4.79 Å². The Morgan fingerprint density at radius 3 is 2.48 bits per heavy atom. The topological polar surface area (TPSA) is 49.6 Å². The first-order valence-corrected chi connectivity index (χ1v) is 8.01. The second kappa shape index (κ2) is 8.15. The zero-order valence-corrected chi connectivity index (χ0v) is 13.0. The minimum atomic E-state index is -0.314. The fourth-order valence-corrected chi connectivity index (χ4v) is 2.75. The van der Waals surface area contributed by atoms with Crippen molar-refractivity contribution in [1.29, 1.82) is 0 Å². The van der Waals surface area contributed by atoms with Crippen LogP contribution < -0.4 is 5.73 Å². The van der Waals surface area contributed by atoms with Gasteiger partial charge in [0, 0.05) is 32.7 Å². The third kappa shape index (κ3) is 4.83. The molecule has 1 fully saturated rings. The molecule has 0 unspecified atom stereocenters. The normalized spacial score (nSPS) is 17.7. The predicted molar refractivity (Wildman–Crippen MR) is 85.8 cm³/mol. The Morgan fingerprint density at radius 1 is 1.19 bits per heavy atom. The third-order valence-electron chi connectivity index (χ3n) is 4.12. The van der Waals surface area contributed by atoms with Gasteiger partial charge in [0.05, 0.1) is 6.04 Å². The summed E-state index contributed by atoms with van der Waals surface area (Å²) in [4.78, 5) is 16.6. The van der Waals surface area contributed by atoms with Crippen LogP contribution in [0.5, 0.6) is 0 Å². The molecule has 2 rings (SSSR count). The summed E-state index contributed by atoms with van der Waals surface area (Å²) in [5.74, 6) is 0.128. The summed E-state index contributed by atoms with van der Waals surface area (Å²) in [6, 6.07) is 10.2. The van der Waals surface area contributed by atoms with E-state index in [4.69, 9.17) is 5.73 Å². The van der Waals surface area contributed by atoms with Gasteiger partial charge in [0.2, 0.25) is 5.91 Å². The van der Waals surface area contributed by atoms with Crippen molar-refractivity contribution in [3.05, 3.63) is 35.9 Å². The maximum Gasteiger partial charge on any atom is 0.239 e. The molecule has 1 heterocycles. The Morgan fingerprint density at radius 2 is 1.86 bits per heavy atom. The van der Waals surface area contributed by atoms with Gasteiger partial charge < -0.3 is 10.6 Å². The molecule has 1 aliphatic heterocycles. The van der Waals surface area contributed by atoms with Crippen molar-refractivity contribution >= 4 is 5.91 Å². The minimum Gasteiger partial charge on any atom is -0.339 e. The number of nitrogens with two attached hydrogens (primary N) is 1. The van der Waals surface area contributed by atoms with Crippen LogP contribution in [0.25, 0.3) is 0 Å². The van der Waals surface area contributed by atoms with Crippen molar-refractivity contribution in [2.24, 2.45) is 5.73 Å². The molecule has 0 saturated carbocycles. The van der Waals surface area contributed by atoms with E-state index in [-0.39, 0.29) is 11.9 Å². The lowest BCUT2D eigenvalue weighted by Gasteiger charge is -2.36. The van der Waals surface area contributed by atoms with Crippen molar-refractivity contribution in [3.8, 4) is 0 Å². The molecular weight excluding hydrogens is 262 g/mol. The maximum atomic E-state index is 12.3. The number of unbranched alkanes of at least 4 members (excludes halogenated alkanes) is 1. The van der Waals surface area contributed by atoms with Crippen LogP contribution in [0.3, 0.4) is 0 Å². The molecule has 116 valence electrons. The van der Waals surface area contributed by atoms with Gasteiger partial charge in [-0.3, -0.25) is 9.69 Å². The van der Waals surface area contributed by atoms with Gasteiger partial charge in [0.15, 0.2) is 0 Å². The van der Waals surface area contributed by atoms with Crippen LogP contribution in [0.1, 0.15) is 31.7 Å².